The summed E-state index contributed by atoms with van der Waals surface area (Å²) in [6, 6.07) is 13.9. The lowest BCUT2D eigenvalue weighted by atomic mass is 10.1. The highest BCUT2D eigenvalue weighted by molar-refractivity contribution is 7.80. The van der Waals surface area contributed by atoms with Crippen molar-refractivity contribution in [3.63, 3.8) is 0 Å². The Morgan fingerprint density at radius 2 is 1.83 bits per heavy atom. The van der Waals surface area contributed by atoms with Gasteiger partial charge in [-0.3, -0.25) is 0 Å². The van der Waals surface area contributed by atoms with Gasteiger partial charge < -0.3 is 20.1 Å². The minimum atomic E-state index is 0.0562. The van der Waals surface area contributed by atoms with Crippen LogP contribution in [0, 0.1) is 13.8 Å². The van der Waals surface area contributed by atoms with E-state index in [2.05, 4.69) is 36.6 Å². The Kier molecular flexibility index (Phi) is 6.44. The molecule has 2 aromatic carbocycles. The number of ether oxygens (including phenoxy) is 2. The maximum absolute atomic E-state index is 5.81. The van der Waals surface area contributed by atoms with E-state index in [-0.39, 0.29) is 6.04 Å². The summed E-state index contributed by atoms with van der Waals surface area (Å²) >= 11 is 5.38. The first kappa shape index (κ1) is 18.1. The van der Waals surface area contributed by atoms with Crippen LogP contribution in [0.3, 0.4) is 0 Å². The second-order valence-corrected chi connectivity index (χ2v) is 6.19. The van der Waals surface area contributed by atoms with E-state index in [4.69, 9.17) is 21.7 Å². The zero-order chi connectivity index (χ0) is 17.5. The number of para-hydroxylation sites is 2. The molecule has 5 heteroatoms. The molecule has 0 aliphatic carbocycles. The summed E-state index contributed by atoms with van der Waals surface area (Å²) in [5.41, 5.74) is 3.41. The molecule has 128 valence electrons. The lowest BCUT2D eigenvalue weighted by Gasteiger charge is -2.19. The molecule has 1 atom stereocenters. The lowest BCUT2D eigenvalue weighted by Crippen LogP contribution is -2.39. The maximum Gasteiger partial charge on any atom is 0.171 e. The van der Waals surface area contributed by atoms with E-state index < -0.39 is 0 Å². The van der Waals surface area contributed by atoms with Crippen LogP contribution in [0.15, 0.2) is 42.5 Å². The smallest absolute Gasteiger partial charge is 0.171 e. The predicted molar refractivity (Wildman–Crippen MR) is 103 cm³/mol. The van der Waals surface area contributed by atoms with E-state index in [9.17, 15) is 0 Å². The van der Waals surface area contributed by atoms with Crippen LogP contribution in [0.2, 0.25) is 0 Å². The van der Waals surface area contributed by atoms with Crippen molar-refractivity contribution in [2.45, 2.75) is 26.8 Å². The fourth-order valence-corrected chi connectivity index (χ4v) is 2.64. The van der Waals surface area contributed by atoms with Gasteiger partial charge >= 0.3 is 0 Å². The van der Waals surface area contributed by atoms with Crippen molar-refractivity contribution < 1.29 is 9.47 Å². The number of anilines is 1. The van der Waals surface area contributed by atoms with Gasteiger partial charge in [0.15, 0.2) is 16.6 Å². The third-order valence-electron chi connectivity index (χ3n) is 3.57. The lowest BCUT2D eigenvalue weighted by molar-refractivity contribution is 0.270. The Morgan fingerprint density at radius 3 is 2.50 bits per heavy atom. The Hall–Kier alpha value is -2.27. The minimum absolute atomic E-state index is 0.0562. The standard InChI is InChI=1S/C19H24N2O2S/c1-13-9-10-16(14(2)11-13)21-19(24)20-15(3)12-23-18-8-6-5-7-17(18)22-4/h5-11,15H,12H2,1-4H3,(H2,20,21,24). The molecule has 2 aromatic rings. The third kappa shape index (κ3) is 5.13. The first-order valence-corrected chi connectivity index (χ1v) is 8.31. The van der Waals surface area contributed by atoms with Gasteiger partial charge in [0.1, 0.15) is 6.61 Å². The Balaban J connectivity index is 1.85. The summed E-state index contributed by atoms with van der Waals surface area (Å²) in [6.07, 6.45) is 0. The van der Waals surface area contributed by atoms with Gasteiger partial charge in [-0.25, -0.2) is 0 Å². The highest BCUT2D eigenvalue weighted by Gasteiger charge is 2.09. The minimum Gasteiger partial charge on any atom is -0.493 e. The topological polar surface area (TPSA) is 42.5 Å². The van der Waals surface area contributed by atoms with Crippen LogP contribution >= 0.6 is 12.2 Å². The summed E-state index contributed by atoms with van der Waals surface area (Å²) in [5, 5.41) is 7.04. The van der Waals surface area contributed by atoms with Crippen molar-refractivity contribution in [1.29, 1.82) is 0 Å². The van der Waals surface area contributed by atoms with Crippen molar-refractivity contribution in [3.05, 3.63) is 53.6 Å². The first-order chi connectivity index (χ1) is 11.5. The molecule has 0 amide bonds. The fourth-order valence-electron chi connectivity index (χ4n) is 2.33. The molecule has 0 aromatic heterocycles. The zero-order valence-electron chi connectivity index (χ0n) is 14.6. The van der Waals surface area contributed by atoms with Gasteiger partial charge in [0.25, 0.3) is 0 Å². The normalized spacial score (nSPS) is 11.5. The van der Waals surface area contributed by atoms with Crippen molar-refractivity contribution in [2.24, 2.45) is 0 Å². The Labute approximate surface area is 149 Å². The van der Waals surface area contributed by atoms with E-state index in [1.54, 1.807) is 7.11 Å². The third-order valence-corrected chi connectivity index (χ3v) is 3.79. The van der Waals surface area contributed by atoms with Crippen molar-refractivity contribution in [3.8, 4) is 11.5 Å². The van der Waals surface area contributed by atoms with Crippen LogP contribution in [0.4, 0.5) is 5.69 Å². The predicted octanol–water partition coefficient (Wildman–Crippen LogP) is 4.07. The summed E-state index contributed by atoms with van der Waals surface area (Å²) < 4.78 is 11.1. The number of rotatable bonds is 6. The van der Waals surface area contributed by atoms with Gasteiger partial charge in [0.2, 0.25) is 0 Å². The highest BCUT2D eigenvalue weighted by Crippen LogP contribution is 2.25. The molecule has 0 fully saturated rings. The SMILES string of the molecule is COc1ccccc1OCC(C)NC(=S)Nc1ccc(C)cc1C. The van der Waals surface area contributed by atoms with E-state index in [1.807, 2.05) is 37.3 Å². The quantitative estimate of drug-likeness (QED) is 0.774. The molecule has 0 aliphatic heterocycles. The van der Waals surface area contributed by atoms with E-state index in [1.165, 1.54) is 5.56 Å². The summed E-state index contributed by atoms with van der Waals surface area (Å²) in [5.74, 6) is 1.45. The first-order valence-electron chi connectivity index (χ1n) is 7.90. The van der Waals surface area contributed by atoms with E-state index >= 15 is 0 Å². The number of nitrogens with one attached hydrogen (secondary N) is 2. The van der Waals surface area contributed by atoms with Crippen LogP contribution in [-0.2, 0) is 0 Å². The molecule has 2 rings (SSSR count). The summed E-state index contributed by atoms with van der Waals surface area (Å²) in [6.45, 7) is 6.64. The van der Waals surface area contributed by atoms with Gasteiger partial charge in [-0.05, 0) is 56.8 Å². The average molecular weight is 344 g/mol. The number of benzene rings is 2. The molecule has 0 bridgehead atoms. The Bertz CT molecular complexity index is 704. The number of hydrogen-bond donors (Lipinski definition) is 2. The van der Waals surface area contributed by atoms with Crippen LogP contribution in [0.5, 0.6) is 11.5 Å². The van der Waals surface area contributed by atoms with Crippen LogP contribution in [-0.4, -0.2) is 24.9 Å². The zero-order valence-corrected chi connectivity index (χ0v) is 15.4. The molecular weight excluding hydrogens is 320 g/mol. The molecule has 24 heavy (non-hydrogen) atoms. The van der Waals surface area contributed by atoms with Gasteiger partial charge in [0, 0.05) is 5.69 Å². The number of hydrogen-bond acceptors (Lipinski definition) is 3. The van der Waals surface area contributed by atoms with Crippen molar-refractivity contribution in [2.75, 3.05) is 19.0 Å². The second-order valence-electron chi connectivity index (χ2n) is 5.78. The van der Waals surface area contributed by atoms with E-state index in [0.717, 1.165) is 22.7 Å². The van der Waals surface area contributed by atoms with Crippen molar-refractivity contribution >= 4 is 23.0 Å². The number of thiocarbonyl (C=S) groups is 1. The molecule has 0 heterocycles. The molecule has 4 nitrogen and oxygen atoms in total. The van der Waals surface area contributed by atoms with E-state index in [0.29, 0.717) is 11.7 Å². The second kappa shape index (κ2) is 8.55. The number of methoxy groups -OCH3 is 1. The molecule has 0 aliphatic rings. The largest absolute Gasteiger partial charge is 0.493 e. The molecule has 0 spiro atoms. The molecule has 2 N–H and O–H groups in total. The molecule has 0 saturated carbocycles. The maximum atomic E-state index is 5.81. The summed E-state index contributed by atoms with van der Waals surface area (Å²) in [7, 11) is 1.63. The molecule has 0 radical (unpaired) electrons. The van der Waals surface area contributed by atoms with Gasteiger partial charge in [-0.2, -0.15) is 0 Å². The summed E-state index contributed by atoms with van der Waals surface area (Å²) in [4.78, 5) is 0. The van der Waals surface area contributed by atoms with Crippen LogP contribution < -0.4 is 20.1 Å². The highest BCUT2D eigenvalue weighted by atomic mass is 32.1. The van der Waals surface area contributed by atoms with Gasteiger partial charge in [-0.15, -0.1) is 0 Å². The van der Waals surface area contributed by atoms with Gasteiger partial charge in [-0.1, -0.05) is 29.8 Å². The van der Waals surface area contributed by atoms with Crippen molar-refractivity contribution in [1.82, 2.24) is 5.32 Å². The Morgan fingerprint density at radius 1 is 1.12 bits per heavy atom. The number of aryl methyl sites for hydroxylation is 2. The molecular formula is C19H24N2O2S. The van der Waals surface area contributed by atoms with Crippen LogP contribution in [0.25, 0.3) is 0 Å². The van der Waals surface area contributed by atoms with Gasteiger partial charge in [0.05, 0.1) is 13.2 Å². The molecule has 1 unspecified atom stereocenters. The monoisotopic (exact) mass is 344 g/mol. The van der Waals surface area contributed by atoms with Crippen LogP contribution in [0.1, 0.15) is 18.1 Å². The fraction of sp³-hybridized carbons (Fsp3) is 0.316. The average Bonchev–Trinajstić information content (AvgIpc) is 2.55. The molecule has 0 saturated heterocycles.